The van der Waals surface area contributed by atoms with Crippen LogP contribution in [0.2, 0.25) is 5.02 Å². The van der Waals surface area contributed by atoms with E-state index >= 15 is 0 Å². The van der Waals surface area contributed by atoms with Crippen LogP contribution in [-0.2, 0) is 13.2 Å². The van der Waals surface area contributed by atoms with Crippen LogP contribution in [0, 0.1) is 5.82 Å². The summed E-state index contributed by atoms with van der Waals surface area (Å²) in [5, 5.41) is 6.23. The Labute approximate surface area is 182 Å². The molecule has 4 aromatic carbocycles. The first kappa shape index (κ1) is 19.7. The Morgan fingerprint density at radius 2 is 1.72 bits per heavy atom. The van der Waals surface area contributed by atoms with Crippen LogP contribution in [0.3, 0.4) is 0 Å². The van der Waals surface area contributed by atoms with Crippen molar-refractivity contribution >= 4 is 44.0 Å². The highest BCUT2D eigenvalue weighted by Gasteiger charge is 2.09. The van der Waals surface area contributed by atoms with Crippen molar-refractivity contribution in [1.82, 2.24) is 0 Å². The van der Waals surface area contributed by atoms with E-state index in [1.807, 2.05) is 36.4 Å². The lowest BCUT2D eigenvalue weighted by Gasteiger charge is -2.15. The maximum Gasteiger partial charge on any atom is 0.124 e. The Morgan fingerprint density at radius 1 is 0.897 bits per heavy atom. The molecule has 0 fully saturated rings. The fraction of sp³-hybridized carbons (Fsp3) is 0.0833. The van der Waals surface area contributed by atoms with E-state index in [-0.39, 0.29) is 12.4 Å². The van der Waals surface area contributed by atoms with Crippen LogP contribution in [0.15, 0.2) is 83.3 Å². The number of rotatable bonds is 6. The molecule has 0 spiro atoms. The molecule has 0 aliphatic carbocycles. The van der Waals surface area contributed by atoms with E-state index in [9.17, 15) is 4.39 Å². The standard InChI is InChI=1S/C24H18BrClFNO/c25-19-9-11-24(29-15-17-8-10-20(27)13-22(17)26)18(12-19)14-28-23-7-3-5-16-4-1-2-6-21(16)23/h1-13,28H,14-15H2. The summed E-state index contributed by atoms with van der Waals surface area (Å²) in [6.07, 6.45) is 0. The van der Waals surface area contributed by atoms with Crippen molar-refractivity contribution in [2.24, 2.45) is 0 Å². The zero-order valence-corrected chi connectivity index (χ0v) is 17.8. The molecule has 0 aromatic heterocycles. The van der Waals surface area contributed by atoms with E-state index in [1.165, 1.54) is 22.9 Å². The average molecular weight is 471 g/mol. The SMILES string of the molecule is Fc1ccc(COc2ccc(Br)cc2CNc2cccc3ccccc23)c(Cl)c1. The lowest BCUT2D eigenvalue weighted by atomic mass is 10.1. The van der Waals surface area contributed by atoms with Gasteiger partial charge in [0.25, 0.3) is 0 Å². The van der Waals surface area contributed by atoms with Crippen LogP contribution in [0.4, 0.5) is 10.1 Å². The van der Waals surface area contributed by atoms with Gasteiger partial charge in [0, 0.05) is 33.2 Å². The summed E-state index contributed by atoms with van der Waals surface area (Å²) >= 11 is 9.65. The van der Waals surface area contributed by atoms with Gasteiger partial charge in [0.2, 0.25) is 0 Å². The summed E-state index contributed by atoms with van der Waals surface area (Å²) in [6, 6.07) is 24.7. The van der Waals surface area contributed by atoms with Crippen molar-refractivity contribution in [2.45, 2.75) is 13.2 Å². The van der Waals surface area contributed by atoms with Crippen LogP contribution in [-0.4, -0.2) is 0 Å². The molecule has 0 aliphatic heterocycles. The first-order chi connectivity index (χ1) is 14.1. The van der Waals surface area contributed by atoms with E-state index in [1.54, 1.807) is 6.07 Å². The molecule has 1 N–H and O–H groups in total. The molecule has 2 nitrogen and oxygen atoms in total. The lowest BCUT2D eigenvalue weighted by molar-refractivity contribution is 0.303. The zero-order chi connectivity index (χ0) is 20.2. The largest absolute Gasteiger partial charge is 0.488 e. The van der Waals surface area contributed by atoms with Gasteiger partial charge in [0.15, 0.2) is 0 Å². The second-order valence-corrected chi connectivity index (χ2v) is 7.98. The van der Waals surface area contributed by atoms with Crippen LogP contribution in [0.25, 0.3) is 10.8 Å². The van der Waals surface area contributed by atoms with Crippen LogP contribution < -0.4 is 10.1 Å². The van der Waals surface area contributed by atoms with Gasteiger partial charge in [-0.1, -0.05) is 70.0 Å². The molecule has 0 saturated heterocycles. The topological polar surface area (TPSA) is 21.3 Å². The molecule has 0 aliphatic rings. The van der Waals surface area contributed by atoms with Crippen molar-refractivity contribution in [2.75, 3.05) is 5.32 Å². The molecular formula is C24H18BrClFNO. The van der Waals surface area contributed by atoms with Gasteiger partial charge in [-0.3, -0.25) is 0 Å². The number of fused-ring (bicyclic) bond motifs is 1. The average Bonchev–Trinajstić information content (AvgIpc) is 2.72. The summed E-state index contributed by atoms with van der Waals surface area (Å²) in [5.74, 6) is 0.392. The molecule has 0 saturated carbocycles. The molecular weight excluding hydrogens is 453 g/mol. The van der Waals surface area contributed by atoms with Gasteiger partial charge in [0.1, 0.15) is 18.2 Å². The third kappa shape index (κ3) is 4.72. The molecule has 146 valence electrons. The number of halogens is 3. The highest BCUT2D eigenvalue weighted by Crippen LogP contribution is 2.28. The molecule has 4 rings (SSSR count). The number of ether oxygens (including phenoxy) is 1. The lowest BCUT2D eigenvalue weighted by Crippen LogP contribution is -2.04. The highest BCUT2D eigenvalue weighted by molar-refractivity contribution is 9.10. The number of anilines is 1. The predicted molar refractivity (Wildman–Crippen MR) is 121 cm³/mol. The molecule has 0 bridgehead atoms. The third-order valence-corrected chi connectivity index (χ3v) is 5.52. The first-order valence-corrected chi connectivity index (χ1v) is 10.3. The number of nitrogens with one attached hydrogen (secondary N) is 1. The van der Waals surface area contributed by atoms with E-state index in [0.29, 0.717) is 11.6 Å². The van der Waals surface area contributed by atoms with Crippen LogP contribution in [0.1, 0.15) is 11.1 Å². The quantitative estimate of drug-likeness (QED) is 0.313. The Balaban J connectivity index is 1.53. The van der Waals surface area contributed by atoms with Gasteiger partial charge in [-0.25, -0.2) is 4.39 Å². The summed E-state index contributed by atoms with van der Waals surface area (Å²) in [6.45, 7) is 0.863. The monoisotopic (exact) mass is 469 g/mol. The van der Waals surface area contributed by atoms with Crippen molar-refractivity contribution in [3.8, 4) is 5.75 Å². The van der Waals surface area contributed by atoms with Gasteiger partial charge >= 0.3 is 0 Å². The summed E-state index contributed by atoms with van der Waals surface area (Å²) in [4.78, 5) is 0. The number of hydrogen-bond acceptors (Lipinski definition) is 2. The fourth-order valence-corrected chi connectivity index (χ4v) is 3.82. The highest BCUT2D eigenvalue weighted by atomic mass is 79.9. The minimum absolute atomic E-state index is 0.266. The van der Waals surface area contributed by atoms with Gasteiger partial charge < -0.3 is 10.1 Å². The van der Waals surface area contributed by atoms with Crippen molar-refractivity contribution in [1.29, 1.82) is 0 Å². The third-order valence-electron chi connectivity index (χ3n) is 4.68. The summed E-state index contributed by atoms with van der Waals surface area (Å²) < 4.78 is 20.2. The van der Waals surface area contributed by atoms with Gasteiger partial charge in [-0.15, -0.1) is 0 Å². The van der Waals surface area contributed by atoms with Gasteiger partial charge in [-0.2, -0.15) is 0 Å². The molecule has 29 heavy (non-hydrogen) atoms. The normalized spacial score (nSPS) is 10.9. The molecule has 0 heterocycles. The van der Waals surface area contributed by atoms with E-state index in [0.717, 1.165) is 27.0 Å². The maximum absolute atomic E-state index is 13.3. The van der Waals surface area contributed by atoms with Gasteiger partial charge in [0.05, 0.1) is 5.02 Å². The van der Waals surface area contributed by atoms with E-state index in [4.69, 9.17) is 16.3 Å². The second-order valence-electron chi connectivity index (χ2n) is 6.66. The molecule has 0 amide bonds. The van der Waals surface area contributed by atoms with Crippen molar-refractivity contribution < 1.29 is 9.13 Å². The smallest absolute Gasteiger partial charge is 0.124 e. The molecule has 0 unspecified atom stereocenters. The minimum Gasteiger partial charge on any atom is -0.488 e. The summed E-state index contributed by atoms with van der Waals surface area (Å²) in [7, 11) is 0. The van der Waals surface area contributed by atoms with E-state index < -0.39 is 0 Å². The first-order valence-electron chi connectivity index (χ1n) is 9.17. The second kappa shape index (κ2) is 8.85. The molecule has 0 radical (unpaired) electrons. The Kier molecular flexibility index (Phi) is 6.02. The Morgan fingerprint density at radius 3 is 2.59 bits per heavy atom. The van der Waals surface area contributed by atoms with Crippen LogP contribution >= 0.6 is 27.5 Å². The van der Waals surface area contributed by atoms with Gasteiger partial charge in [-0.05, 0) is 41.8 Å². The molecule has 4 aromatic rings. The van der Waals surface area contributed by atoms with Crippen molar-refractivity contribution in [3.05, 3.63) is 105 Å². The Hall–Kier alpha value is -2.56. The molecule has 5 heteroatoms. The van der Waals surface area contributed by atoms with Crippen molar-refractivity contribution in [3.63, 3.8) is 0 Å². The van der Waals surface area contributed by atoms with E-state index in [2.05, 4.69) is 45.5 Å². The maximum atomic E-state index is 13.3. The number of hydrogen-bond donors (Lipinski definition) is 1. The minimum atomic E-state index is -0.359. The fourth-order valence-electron chi connectivity index (χ4n) is 3.19. The van der Waals surface area contributed by atoms with Crippen LogP contribution in [0.5, 0.6) is 5.75 Å². The Bertz CT molecular complexity index is 1160. The predicted octanol–water partition coefficient (Wildman–Crippen LogP) is 7.59. The molecule has 0 atom stereocenters. The zero-order valence-electron chi connectivity index (χ0n) is 15.5. The number of benzene rings is 4. The summed E-state index contributed by atoms with van der Waals surface area (Å²) in [5.41, 5.74) is 2.81.